The van der Waals surface area contributed by atoms with E-state index in [1.807, 2.05) is 0 Å². The number of rotatable bonds is 4. The van der Waals surface area contributed by atoms with Gasteiger partial charge in [0.25, 0.3) is 0 Å². The lowest BCUT2D eigenvalue weighted by Gasteiger charge is -2.45. The van der Waals surface area contributed by atoms with Crippen molar-refractivity contribution in [1.82, 2.24) is 4.90 Å². The summed E-state index contributed by atoms with van der Waals surface area (Å²) in [5.41, 5.74) is -0.753. The van der Waals surface area contributed by atoms with Crippen LogP contribution in [0.25, 0.3) is 0 Å². The highest BCUT2D eigenvalue weighted by atomic mass is 19.4. The smallest absolute Gasteiger partial charge is 0.416 e. The van der Waals surface area contributed by atoms with Gasteiger partial charge in [-0.1, -0.05) is 12.1 Å². The molecular weight excluding hydrogens is 375 g/mol. The van der Waals surface area contributed by atoms with Gasteiger partial charge in [-0.2, -0.15) is 13.2 Å². The zero-order valence-corrected chi connectivity index (χ0v) is 16.5. The molecule has 2 unspecified atom stereocenters. The summed E-state index contributed by atoms with van der Waals surface area (Å²) in [6.45, 7) is 5.43. The lowest BCUT2D eigenvalue weighted by Crippen LogP contribution is -2.50. The summed E-state index contributed by atoms with van der Waals surface area (Å²) < 4.78 is 49.0. The van der Waals surface area contributed by atoms with Crippen molar-refractivity contribution in [3.63, 3.8) is 0 Å². The molecular formula is C20H24F3NO4. The number of hydrogen-bond donors (Lipinski definition) is 0. The Bertz CT molecular complexity index is 786. The number of carbonyl (C=O) groups excluding carboxylic acids is 2. The van der Waals surface area contributed by atoms with E-state index in [9.17, 15) is 22.8 Å². The molecule has 0 fully saturated rings. The van der Waals surface area contributed by atoms with Crippen LogP contribution >= 0.6 is 0 Å². The fourth-order valence-corrected chi connectivity index (χ4v) is 3.69. The third-order valence-corrected chi connectivity index (χ3v) is 5.17. The van der Waals surface area contributed by atoms with Crippen LogP contribution in [0.1, 0.15) is 37.8 Å². The maximum atomic E-state index is 13.0. The third-order valence-electron chi connectivity index (χ3n) is 5.17. The predicted molar refractivity (Wildman–Crippen MR) is 96.3 cm³/mol. The monoisotopic (exact) mass is 399 g/mol. The first-order chi connectivity index (χ1) is 13.0. The van der Waals surface area contributed by atoms with Gasteiger partial charge >= 0.3 is 18.1 Å². The Balaban J connectivity index is 2.68. The fraction of sp³-hybridized carbons (Fsp3) is 0.500. The van der Waals surface area contributed by atoms with Crippen molar-refractivity contribution in [2.24, 2.45) is 5.41 Å². The first kappa shape index (κ1) is 21.8. The third kappa shape index (κ3) is 3.86. The van der Waals surface area contributed by atoms with E-state index in [2.05, 4.69) is 0 Å². The van der Waals surface area contributed by atoms with Crippen LogP contribution in [-0.4, -0.2) is 44.1 Å². The second-order valence-corrected chi connectivity index (χ2v) is 7.04. The highest BCUT2D eigenvalue weighted by Crippen LogP contribution is 2.48. The van der Waals surface area contributed by atoms with Gasteiger partial charge in [0.1, 0.15) is 0 Å². The molecule has 0 bridgehead atoms. The Morgan fingerprint density at radius 3 is 2.29 bits per heavy atom. The molecule has 0 saturated carbocycles. The number of esters is 2. The minimum Gasteiger partial charge on any atom is -0.466 e. The van der Waals surface area contributed by atoms with Crippen LogP contribution in [0.15, 0.2) is 35.5 Å². The largest absolute Gasteiger partial charge is 0.466 e. The number of halogens is 3. The fourth-order valence-electron chi connectivity index (χ4n) is 3.69. The summed E-state index contributed by atoms with van der Waals surface area (Å²) in [6, 6.07) is 4.49. The van der Waals surface area contributed by atoms with Gasteiger partial charge in [0.2, 0.25) is 0 Å². The van der Waals surface area contributed by atoms with Crippen molar-refractivity contribution in [3.05, 3.63) is 46.7 Å². The molecule has 5 nitrogen and oxygen atoms in total. The van der Waals surface area contributed by atoms with Crippen molar-refractivity contribution < 1.29 is 32.2 Å². The average molecular weight is 399 g/mol. The maximum absolute atomic E-state index is 13.0. The summed E-state index contributed by atoms with van der Waals surface area (Å²) in [5.74, 6) is -1.97. The van der Waals surface area contributed by atoms with Crippen LogP contribution in [-0.2, 0) is 25.2 Å². The summed E-state index contributed by atoms with van der Waals surface area (Å²) in [7, 11) is 2.96. The number of nitrogens with zero attached hydrogens (tertiary/aromatic N) is 1. The van der Waals surface area contributed by atoms with E-state index in [0.29, 0.717) is 11.3 Å². The molecule has 0 N–H and O–H groups in total. The molecule has 2 atom stereocenters. The Morgan fingerprint density at radius 1 is 1.25 bits per heavy atom. The minimum absolute atomic E-state index is 0.147. The average Bonchev–Trinajstić information content (AvgIpc) is 2.63. The molecule has 1 heterocycles. The van der Waals surface area contributed by atoms with Gasteiger partial charge in [0, 0.05) is 25.2 Å². The second-order valence-electron chi connectivity index (χ2n) is 7.04. The molecule has 0 amide bonds. The van der Waals surface area contributed by atoms with Crippen LogP contribution in [0.2, 0.25) is 0 Å². The lowest BCUT2D eigenvalue weighted by molar-refractivity contribution is -0.157. The number of ether oxygens (including phenoxy) is 2. The first-order valence-corrected chi connectivity index (χ1v) is 8.82. The molecule has 0 aromatic heterocycles. The van der Waals surface area contributed by atoms with E-state index in [1.165, 1.54) is 19.2 Å². The van der Waals surface area contributed by atoms with Gasteiger partial charge in [0.15, 0.2) is 0 Å². The minimum atomic E-state index is -4.48. The Hall–Kier alpha value is -2.51. The van der Waals surface area contributed by atoms with Gasteiger partial charge in [-0.05, 0) is 38.5 Å². The van der Waals surface area contributed by atoms with Crippen molar-refractivity contribution >= 4 is 11.9 Å². The highest BCUT2D eigenvalue weighted by molar-refractivity contribution is 5.94. The standard InChI is InChI=1S/C20H24F3NO4/c1-6-28-18(26)19(3)11-24(4)12(2)15(17(25)27-5)16(19)13-7-9-14(10-8-13)20(21,22)23/h7-10,16H,6,11H2,1-5H3. The summed E-state index contributed by atoms with van der Waals surface area (Å²) in [4.78, 5) is 27.2. The summed E-state index contributed by atoms with van der Waals surface area (Å²) >= 11 is 0. The van der Waals surface area contributed by atoms with Crippen molar-refractivity contribution in [1.29, 1.82) is 0 Å². The van der Waals surface area contributed by atoms with E-state index in [-0.39, 0.29) is 18.7 Å². The van der Waals surface area contributed by atoms with E-state index >= 15 is 0 Å². The van der Waals surface area contributed by atoms with Crippen LogP contribution in [0, 0.1) is 5.41 Å². The molecule has 2 rings (SSSR count). The predicted octanol–water partition coefficient (Wildman–Crippen LogP) is 3.75. The SMILES string of the molecule is CCOC(=O)C1(C)CN(C)C(C)=C(C(=O)OC)C1c1ccc(C(F)(F)F)cc1. The molecule has 0 radical (unpaired) electrons. The molecule has 1 aromatic carbocycles. The normalized spacial score (nSPS) is 22.9. The highest BCUT2D eigenvalue weighted by Gasteiger charge is 2.51. The molecule has 0 saturated heterocycles. The summed E-state index contributed by atoms with van der Waals surface area (Å²) in [6.07, 6.45) is -4.48. The molecule has 1 aliphatic rings. The number of hydrogen-bond acceptors (Lipinski definition) is 5. The maximum Gasteiger partial charge on any atom is 0.416 e. The van der Waals surface area contributed by atoms with Gasteiger partial charge in [-0.3, -0.25) is 4.79 Å². The second kappa shape index (κ2) is 7.85. The zero-order valence-electron chi connectivity index (χ0n) is 16.5. The van der Waals surface area contributed by atoms with E-state index in [4.69, 9.17) is 9.47 Å². The van der Waals surface area contributed by atoms with E-state index < -0.39 is 35.0 Å². The van der Waals surface area contributed by atoms with Crippen LogP contribution in [0.4, 0.5) is 13.2 Å². The van der Waals surface area contributed by atoms with Gasteiger partial charge in [-0.15, -0.1) is 0 Å². The van der Waals surface area contributed by atoms with Gasteiger partial charge < -0.3 is 14.4 Å². The Kier molecular flexibility index (Phi) is 6.11. The molecule has 0 spiro atoms. The number of carbonyl (C=O) groups is 2. The van der Waals surface area contributed by atoms with Crippen molar-refractivity contribution in [2.45, 2.75) is 32.9 Å². The molecule has 8 heteroatoms. The Labute approximate surface area is 162 Å². The zero-order chi connectivity index (χ0) is 21.3. The molecule has 0 aliphatic carbocycles. The number of benzene rings is 1. The van der Waals surface area contributed by atoms with E-state index in [0.717, 1.165) is 12.1 Å². The van der Waals surface area contributed by atoms with Crippen LogP contribution < -0.4 is 0 Å². The number of methoxy groups -OCH3 is 1. The molecule has 1 aliphatic heterocycles. The lowest BCUT2D eigenvalue weighted by atomic mass is 9.66. The van der Waals surface area contributed by atoms with Gasteiger partial charge in [0.05, 0.1) is 30.3 Å². The molecule has 154 valence electrons. The molecule has 1 aromatic rings. The van der Waals surface area contributed by atoms with Crippen LogP contribution in [0.5, 0.6) is 0 Å². The topological polar surface area (TPSA) is 55.8 Å². The van der Waals surface area contributed by atoms with E-state index in [1.54, 1.807) is 32.7 Å². The number of alkyl halides is 3. The summed E-state index contributed by atoms with van der Waals surface area (Å²) in [5, 5.41) is 0. The van der Waals surface area contributed by atoms with Crippen molar-refractivity contribution in [3.8, 4) is 0 Å². The van der Waals surface area contributed by atoms with Gasteiger partial charge in [-0.25, -0.2) is 4.79 Å². The Morgan fingerprint density at radius 2 is 1.82 bits per heavy atom. The van der Waals surface area contributed by atoms with Crippen molar-refractivity contribution in [2.75, 3.05) is 27.3 Å². The van der Waals surface area contributed by atoms with Crippen LogP contribution in [0.3, 0.4) is 0 Å². The quantitative estimate of drug-likeness (QED) is 0.722. The first-order valence-electron chi connectivity index (χ1n) is 8.82. The number of allylic oxidation sites excluding steroid dienone is 1. The molecule has 28 heavy (non-hydrogen) atoms.